The number of halogens is 4. The summed E-state index contributed by atoms with van der Waals surface area (Å²) in [5.74, 6) is -0.732. The molecule has 1 aromatic rings. The van der Waals surface area contributed by atoms with Crippen LogP contribution in [0.5, 0.6) is 5.75 Å². The standard InChI is InChI=1S/C10H10ClF3O/c11-5-1-2-7-3-4-8(12)9(6-7)15-10(13)14/h3-4,6,10H,1-2,5H2. The Hall–Kier alpha value is -0.900. The first-order chi connectivity index (χ1) is 7.13. The molecular formula is C10H10ClF3O. The molecule has 0 saturated carbocycles. The van der Waals surface area contributed by atoms with Crippen LogP contribution in [0.4, 0.5) is 13.2 Å². The number of ether oxygens (including phenoxy) is 1. The molecular weight excluding hydrogens is 229 g/mol. The Bertz CT molecular complexity index is 318. The molecule has 0 spiro atoms. The van der Waals surface area contributed by atoms with Crippen LogP contribution in [0.25, 0.3) is 0 Å². The molecule has 0 aliphatic heterocycles. The second-order valence-corrected chi connectivity index (χ2v) is 3.31. The number of alkyl halides is 3. The molecule has 15 heavy (non-hydrogen) atoms. The summed E-state index contributed by atoms with van der Waals surface area (Å²) in [4.78, 5) is 0. The van der Waals surface area contributed by atoms with E-state index >= 15 is 0 Å². The average molecular weight is 239 g/mol. The summed E-state index contributed by atoms with van der Waals surface area (Å²) in [6, 6.07) is 3.91. The summed E-state index contributed by atoms with van der Waals surface area (Å²) < 4.78 is 40.7. The lowest BCUT2D eigenvalue weighted by atomic mass is 10.1. The minimum absolute atomic E-state index is 0.419. The number of rotatable bonds is 5. The fraction of sp³-hybridized carbons (Fsp3) is 0.400. The van der Waals surface area contributed by atoms with Gasteiger partial charge in [-0.15, -0.1) is 11.6 Å². The molecule has 0 fully saturated rings. The van der Waals surface area contributed by atoms with E-state index in [1.165, 1.54) is 12.1 Å². The van der Waals surface area contributed by atoms with E-state index in [1.54, 1.807) is 0 Å². The molecule has 1 nitrogen and oxygen atoms in total. The highest BCUT2D eigenvalue weighted by Crippen LogP contribution is 2.21. The van der Waals surface area contributed by atoms with Crippen LogP contribution in [0.3, 0.4) is 0 Å². The van der Waals surface area contributed by atoms with Gasteiger partial charge in [-0.1, -0.05) is 6.07 Å². The maximum atomic E-state index is 13.0. The molecule has 1 aromatic carbocycles. The Morgan fingerprint density at radius 2 is 2.07 bits per heavy atom. The Balaban J connectivity index is 2.75. The quantitative estimate of drug-likeness (QED) is 0.713. The van der Waals surface area contributed by atoms with Crippen LogP contribution < -0.4 is 4.74 Å². The molecule has 0 amide bonds. The Labute approximate surface area is 90.8 Å². The lowest BCUT2D eigenvalue weighted by Gasteiger charge is -2.07. The van der Waals surface area contributed by atoms with Gasteiger partial charge in [0.05, 0.1) is 0 Å². The van der Waals surface area contributed by atoms with Gasteiger partial charge in [0.25, 0.3) is 0 Å². The van der Waals surface area contributed by atoms with Crippen molar-refractivity contribution < 1.29 is 17.9 Å². The van der Waals surface area contributed by atoms with Crippen LogP contribution in [-0.2, 0) is 6.42 Å². The molecule has 0 radical (unpaired) electrons. The number of hydrogen-bond acceptors (Lipinski definition) is 1. The van der Waals surface area contributed by atoms with Crippen molar-refractivity contribution >= 4 is 11.6 Å². The van der Waals surface area contributed by atoms with Crippen LogP contribution in [0, 0.1) is 5.82 Å². The zero-order valence-corrected chi connectivity index (χ0v) is 8.61. The van der Waals surface area contributed by atoms with Gasteiger partial charge in [-0.25, -0.2) is 4.39 Å². The SMILES string of the molecule is Fc1ccc(CCCCl)cc1OC(F)F. The highest BCUT2D eigenvalue weighted by atomic mass is 35.5. The molecule has 0 heterocycles. The van der Waals surface area contributed by atoms with Crippen LogP contribution in [-0.4, -0.2) is 12.5 Å². The summed E-state index contributed by atoms with van der Waals surface area (Å²) in [5, 5.41) is 0. The van der Waals surface area contributed by atoms with E-state index in [0.29, 0.717) is 18.7 Å². The number of aryl methyl sites for hydroxylation is 1. The molecule has 0 atom stereocenters. The molecule has 0 unspecified atom stereocenters. The highest BCUT2D eigenvalue weighted by molar-refractivity contribution is 6.17. The lowest BCUT2D eigenvalue weighted by Crippen LogP contribution is -2.04. The topological polar surface area (TPSA) is 9.23 Å². The third kappa shape index (κ3) is 4.00. The fourth-order valence-corrected chi connectivity index (χ4v) is 1.29. The molecule has 5 heteroatoms. The van der Waals surface area contributed by atoms with Crippen LogP contribution in [0.15, 0.2) is 18.2 Å². The maximum absolute atomic E-state index is 13.0. The molecule has 0 aliphatic rings. The van der Waals surface area contributed by atoms with Crippen molar-refractivity contribution in [2.45, 2.75) is 19.5 Å². The minimum Gasteiger partial charge on any atom is -0.432 e. The van der Waals surface area contributed by atoms with Crippen LogP contribution in [0.2, 0.25) is 0 Å². The van der Waals surface area contributed by atoms with Gasteiger partial charge >= 0.3 is 6.61 Å². The zero-order chi connectivity index (χ0) is 11.3. The van der Waals surface area contributed by atoms with Crippen molar-refractivity contribution in [2.75, 3.05) is 5.88 Å². The summed E-state index contributed by atoms with van der Waals surface area (Å²) in [7, 11) is 0. The van der Waals surface area contributed by atoms with Gasteiger partial charge in [-0.3, -0.25) is 0 Å². The molecule has 0 N–H and O–H groups in total. The zero-order valence-electron chi connectivity index (χ0n) is 7.85. The summed E-state index contributed by atoms with van der Waals surface area (Å²) in [6.45, 7) is -3.01. The Morgan fingerprint density at radius 1 is 1.33 bits per heavy atom. The summed E-state index contributed by atoms with van der Waals surface area (Å²) in [5.41, 5.74) is 0.729. The van der Waals surface area contributed by atoms with E-state index in [0.717, 1.165) is 11.6 Å². The molecule has 0 bridgehead atoms. The second-order valence-electron chi connectivity index (χ2n) is 2.94. The molecule has 0 aliphatic carbocycles. The fourth-order valence-electron chi connectivity index (χ4n) is 1.16. The second kappa shape index (κ2) is 5.85. The van der Waals surface area contributed by atoms with Crippen molar-refractivity contribution in [3.05, 3.63) is 29.6 Å². The summed E-state index contributed by atoms with van der Waals surface area (Å²) >= 11 is 5.48. The average Bonchev–Trinajstić information content (AvgIpc) is 2.18. The lowest BCUT2D eigenvalue weighted by molar-refractivity contribution is -0.0522. The minimum atomic E-state index is -3.01. The summed E-state index contributed by atoms with van der Waals surface area (Å²) in [6.07, 6.45) is 1.32. The first kappa shape index (κ1) is 12.2. The first-order valence-electron chi connectivity index (χ1n) is 4.42. The van der Waals surface area contributed by atoms with Gasteiger partial charge in [0.15, 0.2) is 11.6 Å². The Kier molecular flexibility index (Phi) is 4.75. The van der Waals surface area contributed by atoms with Crippen molar-refractivity contribution in [1.29, 1.82) is 0 Å². The van der Waals surface area contributed by atoms with Crippen molar-refractivity contribution in [3.63, 3.8) is 0 Å². The third-order valence-electron chi connectivity index (χ3n) is 1.81. The smallest absolute Gasteiger partial charge is 0.387 e. The van der Waals surface area contributed by atoms with E-state index in [2.05, 4.69) is 4.74 Å². The van der Waals surface area contributed by atoms with E-state index < -0.39 is 18.2 Å². The monoisotopic (exact) mass is 238 g/mol. The van der Waals surface area contributed by atoms with E-state index in [4.69, 9.17) is 11.6 Å². The highest BCUT2D eigenvalue weighted by Gasteiger charge is 2.10. The van der Waals surface area contributed by atoms with Gasteiger partial charge < -0.3 is 4.74 Å². The van der Waals surface area contributed by atoms with Gasteiger partial charge in [0.1, 0.15) is 0 Å². The van der Waals surface area contributed by atoms with Crippen LogP contribution >= 0.6 is 11.6 Å². The van der Waals surface area contributed by atoms with E-state index in [9.17, 15) is 13.2 Å². The largest absolute Gasteiger partial charge is 0.432 e. The van der Waals surface area contributed by atoms with Gasteiger partial charge in [-0.05, 0) is 30.5 Å². The van der Waals surface area contributed by atoms with E-state index in [-0.39, 0.29) is 0 Å². The van der Waals surface area contributed by atoms with Crippen molar-refractivity contribution in [2.24, 2.45) is 0 Å². The predicted molar refractivity (Wildman–Crippen MR) is 52.1 cm³/mol. The number of benzene rings is 1. The maximum Gasteiger partial charge on any atom is 0.387 e. The molecule has 0 saturated heterocycles. The van der Waals surface area contributed by atoms with Gasteiger partial charge in [0.2, 0.25) is 0 Å². The number of hydrogen-bond donors (Lipinski definition) is 0. The van der Waals surface area contributed by atoms with Crippen LogP contribution in [0.1, 0.15) is 12.0 Å². The Morgan fingerprint density at radius 3 is 2.67 bits per heavy atom. The molecule has 1 rings (SSSR count). The third-order valence-corrected chi connectivity index (χ3v) is 2.08. The predicted octanol–water partition coefficient (Wildman–Crippen LogP) is 3.60. The van der Waals surface area contributed by atoms with E-state index in [1.807, 2.05) is 0 Å². The van der Waals surface area contributed by atoms with Gasteiger partial charge in [0, 0.05) is 5.88 Å². The normalized spacial score (nSPS) is 10.7. The molecule has 84 valence electrons. The van der Waals surface area contributed by atoms with Gasteiger partial charge in [-0.2, -0.15) is 8.78 Å². The molecule has 0 aromatic heterocycles. The van der Waals surface area contributed by atoms with Crippen molar-refractivity contribution in [1.82, 2.24) is 0 Å². The first-order valence-corrected chi connectivity index (χ1v) is 4.96. The van der Waals surface area contributed by atoms with Crippen molar-refractivity contribution in [3.8, 4) is 5.75 Å².